The van der Waals surface area contributed by atoms with Crippen LogP contribution in [0.15, 0.2) is 24.3 Å². The number of aliphatic hydroxyl groups excluding tert-OH is 1. The lowest BCUT2D eigenvalue weighted by Gasteiger charge is -2.19. The fourth-order valence-corrected chi connectivity index (χ4v) is 1.28. The molecule has 1 aromatic rings. The zero-order chi connectivity index (χ0) is 11.6. The Kier molecular flexibility index (Phi) is 3.87. The second-order valence-corrected chi connectivity index (χ2v) is 3.85. The molecule has 0 bridgehead atoms. The SMILES string of the molecule is OC(c1ccc(Cl)cc1)C(Cl)C(F)(F)F. The van der Waals surface area contributed by atoms with Crippen molar-refractivity contribution in [2.45, 2.75) is 17.7 Å². The van der Waals surface area contributed by atoms with Gasteiger partial charge in [-0.15, -0.1) is 11.6 Å². The highest BCUT2D eigenvalue weighted by Crippen LogP contribution is 2.34. The van der Waals surface area contributed by atoms with Crippen LogP contribution in [0.25, 0.3) is 0 Å². The predicted octanol–water partition coefficient (Wildman–Crippen LogP) is 3.54. The highest BCUT2D eigenvalue weighted by atomic mass is 35.5. The Bertz CT molecular complexity index is 323. The summed E-state index contributed by atoms with van der Waals surface area (Å²) in [6.45, 7) is 0. The summed E-state index contributed by atoms with van der Waals surface area (Å²) >= 11 is 10.6. The fraction of sp³-hybridized carbons (Fsp3) is 0.333. The number of hydrogen-bond donors (Lipinski definition) is 1. The Hall–Kier alpha value is -0.450. The van der Waals surface area contributed by atoms with Crippen LogP contribution in [-0.4, -0.2) is 16.7 Å². The quantitative estimate of drug-likeness (QED) is 0.805. The van der Waals surface area contributed by atoms with Gasteiger partial charge in [-0.3, -0.25) is 0 Å². The van der Waals surface area contributed by atoms with Gasteiger partial charge in [-0.25, -0.2) is 0 Å². The highest BCUT2D eigenvalue weighted by molar-refractivity contribution is 6.30. The molecule has 0 aliphatic rings. The van der Waals surface area contributed by atoms with Gasteiger partial charge in [0.15, 0.2) is 5.38 Å². The zero-order valence-electron chi connectivity index (χ0n) is 7.30. The van der Waals surface area contributed by atoms with Crippen molar-refractivity contribution in [3.05, 3.63) is 34.9 Å². The summed E-state index contributed by atoms with van der Waals surface area (Å²) in [5, 5.41) is 7.38. The van der Waals surface area contributed by atoms with Crippen molar-refractivity contribution in [2.75, 3.05) is 0 Å². The van der Waals surface area contributed by atoms with E-state index in [9.17, 15) is 18.3 Å². The van der Waals surface area contributed by atoms with E-state index in [0.717, 1.165) is 0 Å². The first-order valence-electron chi connectivity index (χ1n) is 3.96. The van der Waals surface area contributed by atoms with E-state index in [0.29, 0.717) is 5.02 Å². The molecule has 6 heteroatoms. The summed E-state index contributed by atoms with van der Waals surface area (Å²) in [6.07, 6.45) is -6.43. The van der Waals surface area contributed by atoms with Gasteiger partial charge in [-0.2, -0.15) is 13.2 Å². The molecule has 0 saturated carbocycles. The van der Waals surface area contributed by atoms with Crippen LogP contribution < -0.4 is 0 Å². The molecule has 0 aliphatic heterocycles. The first-order chi connectivity index (χ1) is 6.82. The van der Waals surface area contributed by atoms with E-state index in [4.69, 9.17) is 23.2 Å². The van der Waals surface area contributed by atoms with Crippen molar-refractivity contribution in [1.29, 1.82) is 0 Å². The summed E-state index contributed by atoms with van der Waals surface area (Å²) in [5.41, 5.74) is 0.0803. The van der Waals surface area contributed by atoms with Crippen LogP contribution in [0.3, 0.4) is 0 Å². The van der Waals surface area contributed by atoms with Crippen LogP contribution in [-0.2, 0) is 0 Å². The van der Waals surface area contributed by atoms with Crippen LogP contribution in [0.5, 0.6) is 0 Å². The first kappa shape index (κ1) is 12.6. The monoisotopic (exact) mass is 258 g/mol. The molecule has 0 saturated heterocycles. The van der Waals surface area contributed by atoms with Crippen LogP contribution >= 0.6 is 23.2 Å². The minimum atomic E-state index is -4.64. The molecule has 1 N–H and O–H groups in total. The molecule has 0 amide bonds. The van der Waals surface area contributed by atoms with Crippen molar-refractivity contribution in [3.63, 3.8) is 0 Å². The standard InChI is InChI=1S/C9H7Cl2F3O/c10-6-3-1-5(2-4-6)7(15)8(11)9(12,13)14/h1-4,7-8,15H. The molecule has 0 radical (unpaired) electrons. The van der Waals surface area contributed by atoms with Crippen molar-refractivity contribution in [1.82, 2.24) is 0 Å². The van der Waals surface area contributed by atoms with E-state index in [1.807, 2.05) is 0 Å². The first-order valence-corrected chi connectivity index (χ1v) is 4.78. The second kappa shape index (κ2) is 4.60. The largest absolute Gasteiger partial charge is 0.407 e. The maximum atomic E-state index is 12.1. The summed E-state index contributed by atoms with van der Waals surface area (Å²) in [5.74, 6) is 0. The summed E-state index contributed by atoms with van der Waals surface area (Å²) in [6, 6.07) is 5.38. The Morgan fingerprint density at radius 3 is 2.00 bits per heavy atom. The minimum absolute atomic E-state index is 0.0803. The molecule has 0 aliphatic carbocycles. The van der Waals surface area contributed by atoms with E-state index in [2.05, 4.69) is 0 Å². The molecule has 15 heavy (non-hydrogen) atoms. The zero-order valence-corrected chi connectivity index (χ0v) is 8.81. The van der Waals surface area contributed by atoms with Crippen LogP contribution in [0, 0.1) is 0 Å². The Labute approximate surface area is 94.4 Å². The fourth-order valence-electron chi connectivity index (χ4n) is 1.01. The van der Waals surface area contributed by atoms with Gasteiger partial charge in [0.1, 0.15) is 6.10 Å². The van der Waals surface area contributed by atoms with E-state index in [1.165, 1.54) is 24.3 Å². The predicted molar refractivity (Wildman–Crippen MR) is 52.1 cm³/mol. The average Bonchev–Trinajstić information content (AvgIpc) is 2.15. The van der Waals surface area contributed by atoms with Crippen molar-refractivity contribution >= 4 is 23.2 Å². The van der Waals surface area contributed by atoms with E-state index in [-0.39, 0.29) is 5.56 Å². The van der Waals surface area contributed by atoms with Gasteiger partial charge in [0.2, 0.25) is 0 Å². The molecular weight excluding hydrogens is 252 g/mol. The normalized spacial score (nSPS) is 16.1. The van der Waals surface area contributed by atoms with E-state index < -0.39 is 17.7 Å². The summed E-state index contributed by atoms with van der Waals surface area (Å²) < 4.78 is 36.4. The van der Waals surface area contributed by atoms with Crippen LogP contribution in [0.4, 0.5) is 13.2 Å². The van der Waals surface area contributed by atoms with Crippen LogP contribution in [0.2, 0.25) is 5.02 Å². The van der Waals surface area contributed by atoms with Gasteiger partial charge in [0.25, 0.3) is 0 Å². The van der Waals surface area contributed by atoms with Gasteiger partial charge in [0.05, 0.1) is 0 Å². The maximum absolute atomic E-state index is 12.1. The summed E-state index contributed by atoms with van der Waals surface area (Å²) in [4.78, 5) is 0. The highest BCUT2D eigenvalue weighted by Gasteiger charge is 2.43. The van der Waals surface area contributed by atoms with Gasteiger partial charge >= 0.3 is 6.18 Å². The molecule has 0 fully saturated rings. The van der Waals surface area contributed by atoms with Gasteiger partial charge < -0.3 is 5.11 Å². The number of alkyl halides is 4. The number of rotatable bonds is 2. The lowest BCUT2D eigenvalue weighted by atomic mass is 10.1. The molecule has 84 valence electrons. The molecule has 2 unspecified atom stereocenters. The molecule has 1 rings (SSSR count). The molecule has 1 aromatic carbocycles. The van der Waals surface area contributed by atoms with Gasteiger partial charge in [-0.1, -0.05) is 23.7 Å². The third kappa shape index (κ3) is 3.26. The summed E-state index contributed by atoms with van der Waals surface area (Å²) in [7, 11) is 0. The minimum Gasteiger partial charge on any atom is -0.387 e. The van der Waals surface area contributed by atoms with Crippen LogP contribution in [0.1, 0.15) is 11.7 Å². The Balaban J connectivity index is 2.85. The van der Waals surface area contributed by atoms with Crippen molar-refractivity contribution < 1.29 is 18.3 Å². The molecule has 1 nitrogen and oxygen atoms in total. The number of aliphatic hydroxyl groups is 1. The van der Waals surface area contributed by atoms with Gasteiger partial charge in [0, 0.05) is 5.02 Å². The molecule has 0 spiro atoms. The topological polar surface area (TPSA) is 20.2 Å². The lowest BCUT2D eigenvalue weighted by Crippen LogP contribution is -2.29. The molecule has 2 atom stereocenters. The molecule has 0 heterocycles. The van der Waals surface area contributed by atoms with Gasteiger partial charge in [-0.05, 0) is 17.7 Å². The van der Waals surface area contributed by atoms with Crippen molar-refractivity contribution in [3.8, 4) is 0 Å². The number of halogens is 5. The smallest absolute Gasteiger partial charge is 0.387 e. The number of hydrogen-bond acceptors (Lipinski definition) is 1. The third-order valence-corrected chi connectivity index (χ3v) is 2.54. The van der Waals surface area contributed by atoms with E-state index >= 15 is 0 Å². The third-order valence-electron chi connectivity index (χ3n) is 1.80. The maximum Gasteiger partial charge on any atom is 0.407 e. The molecular formula is C9H7Cl2F3O. The average molecular weight is 259 g/mol. The Morgan fingerprint density at radius 1 is 1.13 bits per heavy atom. The number of benzene rings is 1. The molecule has 0 aromatic heterocycles. The second-order valence-electron chi connectivity index (χ2n) is 2.94. The van der Waals surface area contributed by atoms with E-state index in [1.54, 1.807) is 0 Å². The Morgan fingerprint density at radius 2 is 1.60 bits per heavy atom. The lowest BCUT2D eigenvalue weighted by molar-refractivity contribution is -0.149. The van der Waals surface area contributed by atoms with Crippen molar-refractivity contribution in [2.24, 2.45) is 0 Å².